The molecule has 0 atom stereocenters. The number of rotatable bonds is 7. The van der Waals surface area contributed by atoms with Gasteiger partial charge in [-0.25, -0.2) is 15.0 Å². The maximum absolute atomic E-state index is 5.43. The van der Waals surface area contributed by atoms with Crippen LogP contribution in [0.1, 0.15) is 11.1 Å². The molecule has 1 aliphatic rings. The first kappa shape index (κ1) is 20.4. The van der Waals surface area contributed by atoms with Gasteiger partial charge in [0.1, 0.15) is 17.8 Å². The van der Waals surface area contributed by atoms with Gasteiger partial charge in [-0.05, 0) is 22.8 Å². The number of pyridine rings is 1. The molecule has 2 N–H and O–H groups in total. The van der Waals surface area contributed by atoms with Crippen LogP contribution in [0.3, 0.4) is 0 Å². The Kier molecular flexibility index (Phi) is 5.96. The van der Waals surface area contributed by atoms with Crippen LogP contribution in [0.25, 0.3) is 22.3 Å². The minimum Gasteiger partial charge on any atom is -0.481 e. The van der Waals surface area contributed by atoms with Crippen molar-refractivity contribution < 1.29 is 9.47 Å². The van der Waals surface area contributed by atoms with Gasteiger partial charge in [0.2, 0.25) is 5.88 Å². The van der Waals surface area contributed by atoms with Gasteiger partial charge in [0.05, 0.1) is 25.7 Å². The summed E-state index contributed by atoms with van der Waals surface area (Å²) in [4.78, 5) is 18.9. The summed E-state index contributed by atoms with van der Waals surface area (Å²) in [5.74, 6) is 1.39. The average Bonchev–Trinajstić information content (AvgIpc) is 3.29. The molecule has 0 radical (unpaired) electrons. The molecule has 0 amide bonds. The van der Waals surface area contributed by atoms with Crippen molar-refractivity contribution in [2.45, 2.75) is 13.1 Å². The summed E-state index contributed by atoms with van der Waals surface area (Å²) in [5, 5.41) is 4.35. The van der Waals surface area contributed by atoms with E-state index in [-0.39, 0.29) is 0 Å². The van der Waals surface area contributed by atoms with Gasteiger partial charge in [0.15, 0.2) is 0 Å². The van der Waals surface area contributed by atoms with E-state index < -0.39 is 0 Å². The number of hydrogen-bond acceptors (Lipinski definition) is 7. The third-order valence-corrected chi connectivity index (χ3v) is 5.67. The second-order valence-electron chi connectivity index (χ2n) is 7.82. The van der Waals surface area contributed by atoms with Crippen molar-refractivity contribution >= 4 is 16.9 Å². The first-order chi connectivity index (χ1) is 15.8. The number of morpholine rings is 1. The molecule has 1 aliphatic heterocycles. The number of fused-ring (bicyclic) bond motifs is 1. The third kappa shape index (κ3) is 4.56. The summed E-state index contributed by atoms with van der Waals surface area (Å²) in [5.41, 5.74) is 5.31. The second-order valence-corrected chi connectivity index (χ2v) is 7.82. The zero-order chi connectivity index (χ0) is 21.8. The zero-order valence-corrected chi connectivity index (χ0v) is 18.0. The Balaban J connectivity index is 1.30. The maximum atomic E-state index is 5.43. The molecule has 1 saturated heterocycles. The number of aromatic amines is 1. The van der Waals surface area contributed by atoms with Gasteiger partial charge in [0.25, 0.3) is 0 Å². The maximum Gasteiger partial charge on any atom is 0.212 e. The Labute approximate surface area is 186 Å². The van der Waals surface area contributed by atoms with E-state index in [0.29, 0.717) is 12.4 Å². The molecular weight excluding hydrogens is 404 g/mol. The van der Waals surface area contributed by atoms with Crippen LogP contribution >= 0.6 is 0 Å². The van der Waals surface area contributed by atoms with Crippen molar-refractivity contribution in [3.8, 4) is 17.1 Å². The minimum absolute atomic E-state index is 0.601. The Morgan fingerprint density at radius 3 is 2.59 bits per heavy atom. The molecule has 1 aromatic carbocycles. The Morgan fingerprint density at radius 1 is 1.03 bits per heavy atom. The van der Waals surface area contributed by atoms with Crippen molar-refractivity contribution in [2.75, 3.05) is 38.7 Å². The van der Waals surface area contributed by atoms with Gasteiger partial charge in [0, 0.05) is 44.1 Å². The first-order valence-corrected chi connectivity index (χ1v) is 10.7. The van der Waals surface area contributed by atoms with E-state index in [1.165, 1.54) is 5.56 Å². The number of aromatic nitrogens is 4. The number of ether oxygens (including phenoxy) is 2. The Morgan fingerprint density at radius 2 is 1.84 bits per heavy atom. The molecule has 0 spiro atoms. The molecule has 164 valence electrons. The molecule has 8 heteroatoms. The summed E-state index contributed by atoms with van der Waals surface area (Å²) in [6.45, 7) is 5.19. The Bertz CT molecular complexity index is 1170. The number of hydrogen-bond donors (Lipinski definition) is 2. The summed E-state index contributed by atoms with van der Waals surface area (Å²) < 4.78 is 10.6. The van der Waals surface area contributed by atoms with Gasteiger partial charge >= 0.3 is 0 Å². The molecule has 32 heavy (non-hydrogen) atoms. The van der Waals surface area contributed by atoms with Crippen molar-refractivity contribution in [1.29, 1.82) is 0 Å². The molecule has 8 nitrogen and oxygen atoms in total. The van der Waals surface area contributed by atoms with Crippen molar-refractivity contribution in [3.63, 3.8) is 0 Å². The lowest BCUT2D eigenvalue weighted by Gasteiger charge is -2.26. The SMILES string of the molecule is COc1ccc(CNc2ncnc3[nH]c(-c4ccc(CN5CCOCC5)cc4)cc23)cn1. The molecule has 0 saturated carbocycles. The highest BCUT2D eigenvalue weighted by Crippen LogP contribution is 2.27. The number of benzene rings is 1. The van der Waals surface area contributed by atoms with E-state index in [1.54, 1.807) is 19.6 Å². The third-order valence-electron chi connectivity index (χ3n) is 5.67. The van der Waals surface area contributed by atoms with Crippen LogP contribution < -0.4 is 10.1 Å². The summed E-state index contributed by atoms with van der Waals surface area (Å²) >= 11 is 0. The van der Waals surface area contributed by atoms with Gasteiger partial charge in [-0.2, -0.15) is 0 Å². The quantitative estimate of drug-likeness (QED) is 0.464. The van der Waals surface area contributed by atoms with E-state index in [1.807, 2.05) is 12.1 Å². The van der Waals surface area contributed by atoms with E-state index in [2.05, 4.69) is 60.5 Å². The van der Waals surface area contributed by atoms with Crippen LogP contribution in [0, 0.1) is 0 Å². The fourth-order valence-corrected chi connectivity index (χ4v) is 3.87. The van der Waals surface area contributed by atoms with Gasteiger partial charge in [-0.3, -0.25) is 4.90 Å². The molecule has 4 heterocycles. The van der Waals surface area contributed by atoms with Crippen LogP contribution in [0.5, 0.6) is 5.88 Å². The predicted octanol–water partition coefficient (Wildman–Crippen LogP) is 3.47. The molecule has 3 aromatic heterocycles. The molecule has 0 bridgehead atoms. The lowest BCUT2D eigenvalue weighted by Crippen LogP contribution is -2.35. The largest absolute Gasteiger partial charge is 0.481 e. The smallest absolute Gasteiger partial charge is 0.212 e. The molecule has 0 unspecified atom stereocenters. The Hall–Kier alpha value is -3.49. The fraction of sp³-hybridized carbons (Fsp3) is 0.292. The highest BCUT2D eigenvalue weighted by molar-refractivity contribution is 5.91. The van der Waals surface area contributed by atoms with Crippen LogP contribution in [-0.2, 0) is 17.8 Å². The topological polar surface area (TPSA) is 88.2 Å². The highest BCUT2D eigenvalue weighted by atomic mass is 16.5. The number of anilines is 1. The van der Waals surface area contributed by atoms with Crippen molar-refractivity contribution in [2.24, 2.45) is 0 Å². The number of nitrogens with zero attached hydrogens (tertiary/aromatic N) is 4. The average molecular weight is 431 g/mol. The predicted molar refractivity (Wildman–Crippen MR) is 124 cm³/mol. The van der Waals surface area contributed by atoms with E-state index >= 15 is 0 Å². The van der Waals surface area contributed by atoms with E-state index in [9.17, 15) is 0 Å². The summed E-state index contributed by atoms with van der Waals surface area (Å²) in [7, 11) is 1.61. The summed E-state index contributed by atoms with van der Waals surface area (Å²) in [6.07, 6.45) is 3.37. The van der Waals surface area contributed by atoms with Crippen LogP contribution in [0.4, 0.5) is 5.82 Å². The van der Waals surface area contributed by atoms with Gasteiger partial charge < -0.3 is 19.8 Å². The highest BCUT2D eigenvalue weighted by Gasteiger charge is 2.12. The van der Waals surface area contributed by atoms with E-state index in [4.69, 9.17) is 9.47 Å². The molecular formula is C24H26N6O2. The van der Waals surface area contributed by atoms with Crippen LogP contribution in [0.2, 0.25) is 0 Å². The molecule has 4 aromatic rings. The number of nitrogens with one attached hydrogen (secondary N) is 2. The zero-order valence-electron chi connectivity index (χ0n) is 18.0. The standard InChI is InChI=1S/C24H26N6O2/c1-31-22-7-4-18(13-25-22)14-26-23-20-12-21(29-24(20)28-16-27-23)19-5-2-17(3-6-19)15-30-8-10-32-11-9-30/h2-7,12-13,16H,8-11,14-15H2,1H3,(H2,26,27,28,29). The van der Waals surface area contributed by atoms with Crippen molar-refractivity contribution in [1.82, 2.24) is 24.8 Å². The lowest BCUT2D eigenvalue weighted by atomic mass is 10.1. The van der Waals surface area contributed by atoms with Crippen LogP contribution in [-0.4, -0.2) is 58.2 Å². The van der Waals surface area contributed by atoms with Gasteiger partial charge in [-0.15, -0.1) is 0 Å². The second kappa shape index (κ2) is 9.33. The molecule has 0 aliphatic carbocycles. The molecule has 1 fully saturated rings. The normalized spacial score (nSPS) is 14.5. The molecule has 5 rings (SSSR count). The first-order valence-electron chi connectivity index (χ1n) is 10.7. The monoisotopic (exact) mass is 430 g/mol. The van der Waals surface area contributed by atoms with E-state index in [0.717, 1.165) is 66.5 Å². The van der Waals surface area contributed by atoms with Gasteiger partial charge in [-0.1, -0.05) is 30.3 Å². The van der Waals surface area contributed by atoms with Crippen molar-refractivity contribution in [3.05, 3.63) is 66.1 Å². The summed E-state index contributed by atoms with van der Waals surface area (Å²) in [6, 6.07) is 14.6. The minimum atomic E-state index is 0.601. The van der Waals surface area contributed by atoms with Crippen LogP contribution in [0.15, 0.2) is 55.0 Å². The fourth-order valence-electron chi connectivity index (χ4n) is 3.87. The number of methoxy groups -OCH3 is 1. The number of H-pyrrole nitrogens is 1. The lowest BCUT2D eigenvalue weighted by molar-refractivity contribution is 0.0342.